The van der Waals surface area contributed by atoms with Crippen molar-refractivity contribution >= 4 is 23.3 Å². The monoisotopic (exact) mass is 311 g/mol. The maximum Gasteiger partial charge on any atom is 0.269 e. The molecule has 23 heavy (non-hydrogen) atoms. The van der Waals surface area contributed by atoms with Gasteiger partial charge in [0.15, 0.2) is 0 Å². The molecule has 120 valence electrons. The Bertz CT molecular complexity index is 722. The molecule has 2 aromatic rings. The molecule has 5 nitrogen and oxygen atoms in total. The molecule has 0 aliphatic heterocycles. The minimum atomic E-state index is -0.393. The predicted molar refractivity (Wildman–Crippen MR) is 95.1 cm³/mol. The molecule has 0 heterocycles. The number of benzene rings is 2. The first-order valence-corrected chi connectivity index (χ1v) is 7.69. The third-order valence-corrected chi connectivity index (χ3v) is 3.77. The minimum absolute atomic E-state index is 0.0880. The van der Waals surface area contributed by atoms with Crippen molar-refractivity contribution in [1.29, 1.82) is 0 Å². The van der Waals surface area contributed by atoms with Crippen LogP contribution in [0, 0.1) is 17.0 Å². The summed E-state index contributed by atoms with van der Waals surface area (Å²) in [6, 6.07) is 12.8. The summed E-state index contributed by atoms with van der Waals surface area (Å²) in [4.78, 5) is 17.2. The first-order chi connectivity index (χ1) is 11.1. The molecule has 0 saturated heterocycles. The molecule has 0 aliphatic rings. The Morgan fingerprint density at radius 1 is 1.17 bits per heavy atom. The van der Waals surface area contributed by atoms with Gasteiger partial charge in [-0.05, 0) is 38.5 Å². The minimum Gasteiger partial charge on any atom is -0.372 e. The zero-order chi connectivity index (χ0) is 16.8. The second-order valence-corrected chi connectivity index (χ2v) is 5.22. The first-order valence-electron chi connectivity index (χ1n) is 7.69. The van der Waals surface area contributed by atoms with Crippen molar-refractivity contribution in [2.75, 3.05) is 18.0 Å². The molecular weight excluding hydrogens is 290 g/mol. The van der Waals surface area contributed by atoms with Crippen molar-refractivity contribution in [1.82, 2.24) is 0 Å². The highest BCUT2D eigenvalue weighted by Crippen LogP contribution is 2.25. The molecule has 0 bridgehead atoms. The molecule has 0 N–H and O–H groups in total. The van der Waals surface area contributed by atoms with Gasteiger partial charge < -0.3 is 4.90 Å². The number of nitro benzene ring substituents is 1. The molecule has 0 aliphatic carbocycles. The van der Waals surface area contributed by atoms with Crippen LogP contribution in [0.4, 0.5) is 17.1 Å². The Kier molecular flexibility index (Phi) is 5.46. The van der Waals surface area contributed by atoms with Gasteiger partial charge in [-0.25, -0.2) is 0 Å². The SMILES string of the molecule is CCN(CC)c1ccccc1C=Nc1ccc([N+](=O)[O-])cc1C. The maximum absolute atomic E-state index is 10.8. The summed E-state index contributed by atoms with van der Waals surface area (Å²) in [6.07, 6.45) is 1.82. The fraction of sp³-hybridized carbons (Fsp3) is 0.278. The molecule has 5 heteroatoms. The van der Waals surface area contributed by atoms with Gasteiger partial charge in [0.2, 0.25) is 0 Å². The quantitative estimate of drug-likeness (QED) is 0.448. The number of non-ortho nitro benzene ring substituents is 1. The van der Waals surface area contributed by atoms with Crippen LogP contribution in [0.2, 0.25) is 0 Å². The van der Waals surface area contributed by atoms with E-state index in [9.17, 15) is 10.1 Å². The molecule has 0 radical (unpaired) electrons. The Morgan fingerprint density at radius 3 is 2.48 bits per heavy atom. The van der Waals surface area contributed by atoms with Crippen molar-refractivity contribution in [2.24, 2.45) is 4.99 Å². The van der Waals surface area contributed by atoms with Crippen molar-refractivity contribution in [3.8, 4) is 0 Å². The van der Waals surface area contributed by atoms with E-state index < -0.39 is 4.92 Å². The summed E-state index contributed by atoms with van der Waals surface area (Å²) in [6.45, 7) is 7.93. The van der Waals surface area contributed by atoms with Crippen molar-refractivity contribution in [3.63, 3.8) is 0 Å². The van der Waals surface area contributed by atoms with Gasteiger partial charge in [-0.15, -0.1) is 0 Å². The molecular formula is C18H21N3O2. The zero-order valence-corrected chi connectivity index (χ0v) is 13.7. The number of aryl methyl sites for hydroxylation is 1. The maximum atomic E-state index is 10.8. The molecule has 0 aromatic heterocycles. The average molecular weight is 311 g/mol. The normalized spacial score (nSPS) is 10.9. The van der Waals surface area contributed by atoms with E-state index >= 15 is 0 Å². The number of para-hydroxylation sites is 1. The smallest absolute Gasteiger partial charge is 0.269 e. The molecule has 0 spiro atoms. The molecule has 2 aromatic carbocycles. The summed E-state index contributed by atoms with van der Waals surface area (Å²) >= 11 is 0. The van der Waals surface area contributed by atoms with Crippen LogP contribution < -0.4 is 4.90 Å². The molecule has 2 rings (SSSR count). The summed E-state index contributed by atoms with van der Waals surface area (Å²) in [5.41, 5.74) is 3.79. The van der Waals surface area contributed by atoms with Gasteiger partial charge in [-0.2, -0.15) is 0 Å². The summed E-state index contributed by atoms with van der Waals surface area (Å²) < 4.78 is 0. The number of nitrogens with zero attached hydrogens (tertiary/aromatic N) is 3. The van der Waals surface area contributed by atoms with E-state index in [0.29, 0.717) is 0 Å². The van der Waals surface area contributed by atoms with Gasteiger partial charge in [-0.3, -0.25) is 15.1 Å². The van der Waals surface area contributed by atoms with Crippen LogP contribution in [0.15, 0.2) is 47.5 Å². The van der Waals surface area contributed by atoms with Crippen molar-refractivity contribution < 1.29 is 4.92 Å². The third-order valence-electron chi connectivity index (χ3n) is 3.77. The number of rotatable bonds is 6. The number of anilines is 1. The van der Waals surface area contributed by atoms with Gasteiger partial charge in [0.1, 0.15) is 0 Å². The van der Waals surface area contributed by atoms with Gasteiger partial charge >= 0.3 is 0 Å². The average Bonchev–Trinajstić information content (AvgIpc) is 2.55. The summed E-state index contributed by atoms with van der Waals surface area (Å²) in [7, 11) is 0. The molecule has 0 saturated carbocycles. The number of aliphatic imine (C=N–C) groups is 1. The van der Waals surface area contributed by atoms with Crippen LogP contribution in [0.3, 0.4) is 0 Å². The van der Waals surface area contributed by atoms with Crippen LogP contribution >= 0.6 is 0 Å². The Balaban J connectivity index is 2.32. The highest BCUT2D eigenvalue weighted by molar-refractivity contribution is 5.89. The summed E-state index contributed by atoms with van der Waals surface area (Å²) in [5, 5.41) is 10.8. The third kappa shape index (κ3) is 3.94. The van der Waals surface area contributed by atoms with E-state index in [-0.39, 0.29) is 5.69 Å². The fourth-order valence-corrected chi connectivity index (χ4v) is 2.49. The number of hydrogen-bond acceptors (Lipinski definition) is 4. The van der Waals surface area contributed by atoms with E-state index in [1.54, 1.807) is 12.1 Å². The zero-order valence-electron chi connectivity index (χ0n) is 13.7. The molecule has 0 unspecified atom stereocenters. The van der Waals surface area contributed by atoms with E-state index in [4.69, 9.17) is 0 Å². The number of nitro groups is 1. The van der Waals surface area contributed by atoms with Crippen LogP contribution in [0.25, 0.3) is 0 Å². The highest BCUT2D eigenvalue weighted by Gasteiger charge is 2.08. The lowest BCUT2D eigenvalue weighted by molar-refractivity contribution is -0.384. The Labute approximate surface area is 136 Å². The van der Waals surface area contributed by atoms with Gasteiger partial charge in [0.25, 0.3) is 5.69 Å². The standard InChI is InChI=1S/C18H21N3O2/c1-4-20(5-2)18-9-7-6-8-15(18)13-19-17-11-10-16(21(22)23)12-14(17)3/h6-13H,4-5H2,1-3H3. The topological polar surface area (TPSA) is 58.7 Å². The lowest BCUT2D eigenvalue weighted by Gasteiger charge is -2.22. The largest absolute Gasteiger partial charge is 0.372 e. The van der Waals surface area contributed by atoms with Crippen molar-refractivity contribution in [3.05, 3.63) is 63.7 Å². The van der Waals surface area contributed by atoms with Gasteiger partial charge in [0, 0.05) is 42.7 Å². The van der Waals surface area contributed by atoms with E-state index in [2.05, 4.69) is 29.8 Å². The van der Waals surface area contributed by atoms with Gasteiger partial charge in [0.05, 0.1) is 10.6 Å². The lowest BCUT2D eigenvalue weighted by atomic mass is 10.1. The van der Waals surface area contributed by atoms with Crippen LogP contribution in [-0.2, 0) is 0 Å². The van der Waals surface area contributed by atoms with E-state index in [1.165, 1.54) is 6.07 Å². The Morgan fingerprint density at radius 2 is 1.87 bits per heavy atom. The van der Waals surface area contributed by atoms with Crippen molar-refractivity contribution in [2.45, 2.75) is 20.8 Å². The second kappa shape index (κ2) is 7.54. The molecule has 0 amide bonds. The lowest BCUT2D eigenvalue weighted by Crippen LogP contribution is -2.23. The Hall–Kier alpha value is -2.69. The summed E-state index contributed by atoms with van der Waals surface area (Å²) in [5.74, 6) is 0. The highest BCUT2D eigenvalue weighted by atomic mass is 16.6. The van der Waals surface area contributed by atoms with Gasteiger partial charge in [-0.1, -0.05) is 18.2 Å². The first kappa shape index (κ1) is 16.7. The number of hydrogen-bond donors (Lipinski definition) is 0. The van der Waals surface area contributed by atoms with Crippen LogP contribution in [0.1, 0.15) is 25.0 Å². The van der Waals surface area contributed by atoms with E-state index in [0.717, 1.165) is 35.6 Å². The van der Waals surface area contributed by atoms with Crippen LogP contribution in [0.5, 0.6) is 0 Å². The second-order valence-electron chi connectivity index (χ2n) is 5.22. The van der Waals surface area contributed by atoms with E-state index in [1.807, 2.05) is 31.3 Å². The molecule has 0 atom stereocenters. The predicted octanol–water partition coefficient (Wildman–Crippen LogP) is 4.50. The van der Waals surface area contributed by atoms with Crippen LogP contribution in [-0.4, -0.2) is 24.2 Å². The fourth-order valence-electron chi connectivity index (χ4n) is 2.49. The molecule has 0 fully saturated rings.